The summed E-state index contributed by atoms with van der Waals surface area (Å²) >= 11 is 3.57. The van der Waals surface area contributed by atoms with Gasteiger partial charge in [0.05, 0.1) is 12.6 Å². The molecule has 1 heterocycles. The lowest BCUT2D eigenvalue weighted by atomic mass is 10.0. The van der Waals surface area contributed by atoms with Gasteiger partial charge in [-0.1, -0.05) is 34.1 Å². The third kappa shape index (κ3) is 2.66. The van der Waals surface area contributed by atoms with Crippen molar-refractivity contribution < 1.29 is 4.74 Å². The summed E-state index contributed by atoms with van der Waals surface area (Å²) in [5.41, 5.74) is 1.30. The zero-order valence-electron chi connectivity index (χ0n) is 9.37. The Labute approximate surface area is 105 Å². The number of hydrogen-bond acceptors (Lipinski definition) is 2. The standard InChI is InChI=1S/C13H16BrNO/c1-15-12(13-7-4-8-16-13)9-10-5-2-3-6-11(10)14/h2-3,5-7,12,15H,4,8-9H2,1H3. The lowest BCUT2D eigenvalue weighted by Crippen LogP contribution is -2.30. The molecule has 1 unspecified atom stereocenters. The summed E-state index contributed by atoms with van der Waals surface area (Å²) < 4.78 is 6.76. The van der Waals surface area contributed by atoms with Gasteiger partial charge in [-0.3, -0.25) is 0 Å². The lowest BCUT2D eigenvalue weighted by Gasteiger charge is -2.18. The van der Waals surface area contributed by atoms with Crippen LogP contribution in [0.1, 0.15) is 12.0 Å². The van der Waals surface area contributed by atoms with Gasteiger partial charge in [0.1, 0.15) is 5.76 Å². The van der Waals surface area contributed by atoms with Crippen LogP contribution in [0.25, 0.3) is 0 Å². The van der Waals surface area contributed by atoms with Crippen LogP contribution in [0.3, 0.4) is 0 Å². The third-order valence-corrected chi connectivity index (χ3v) is 3.58. The Morgan fingerprint density at radius 3 is 2.88 bits per heavy atom. The molecule has 1 aromatic carbocycles. The molecular formula is C13H16BrNO. The van der Waals surface area contributed by atoms with Crippen molar-refractivity contribution >= 4 is 15.9 Å². The van der Waals surface area contributed by atoms with Crippen LogP contribution >= 0.6 is 15.9 Å². The molecular weight excluding hydrogens is 266 g/mol. The zero-order valence-corrected chi connectivity index (χ0v) is 11.0. The second-order valence-corrected chi connectivity index (χ2v) is 4.73. The first-order valence-corrected chi connectivity index (χ1v) is 6.34. The molecule has 0 aromatic heterocycles. The van der Waals surface area contributed by atoms with Crippen molar-refractivity contribution in [1.82, 2.24) is 5.32 Å². The fraction of sp³-hybridized carbons (Fsp3) is 0.385. The Morgan fingerprint density at radius 2 is 2.25 bits per heavy atom. The molecule has 86 valence electrons. The maximum absolute atomic E-state index is 5.60. The first-order chi connectivity index (χ1) is 7.81. The van der Waals surface area contributed by atoms with Crippen molar-refractivity contribution in [2.24, 2.45) is 0 Å². The Bertz CT molecular complexity index is 389. The molecule has 0 bridgehead atoms. The molecule has 2 nitrogen and oxygen atoms in total. The average molecular weight is 282 g/mol. The number of likely N-dealkylation sites (N-methyl/N-ethyl adjacent to an activating group) is 1. The van der Waals surface area contributed by atoms with Crippen molar-refractivity contribution in [1.29, 1.82) is 0 Å². The smallest absolute Gasteiger partial charge is 0.109 e. The first-order valence-electron chi connectivity index (χ1n) is 5.55. The van der Waals surface area contributed by atoms with Crippen molar-refractivity contribution in [3.05, 3.63) is 46.1 Å². The van der Waals surface area contributed by atoms with E-state index in [4.69, 9.17) is 4.74 Å². The number of rotatable bonds is 4. The molecule has 0 aliphatic carbocycles. The second-order valence-electron chi connectivity index (χ2n) is 3.88. The predicted molar refractivity (Wildman–Crippen MR) is 69.3 cm³/mol. The molecule has 0 amide bonds. The summed E-state index contributed by atoms with van der Waals surface area (Å²) in [6.07, 6.45) is 4.16. The van der Waals surface area contributed by atoms with E-state index in [2.05, 4.69) is 45.5 Å². The number of benzene rings is 1. The quantitative estimate of drug-likeness (QED) is 0.917. The molecule has 2 rings (SSSR count). The number of nitrogens with one attached hydrogen (secondary N) is 1. The van der Waals surface area contributed by atoms with Gasteiger partial charge < -0.3 is 10.1 Å². The van der Waals surface area contributed by atoms with E-state index in [-0.39, 0.29) is 6.04 Å². The van der Waals surface area contributed by atoms with E-state index in [0.717, 1.165) is 29.7 Å². The highest BCUT2D eigenvalue weighted by Crippen LogP contribution is 2.21. The Hall–Kier alpha value is -0.800. The van der Waals surface area contributed by atoms with Gasteiger partial charge in [0.15, 0.2) is 0 Å². The summed E-state index contributed by atoms with van der Waals surface area (Å²) in [6, 6.07) is 8.60. The number of ether oxygens (including phenoxy) is 1. The van der Waals surface area contributed by atoms with Crippen LogP contribution in [0.5, 0.6) is 0 Å². The van der Waals surface area contributed by atoms with Gasteiger partial charge in [-0.2, -0.15) is 0 Å². The van der Waals surface area contributed by atoms with Gasteiger partial charge in [0, 0.05) is 10.9 Å². The number of hydrogen-bond donors (Lipinski definition) is 1. The molecule has 0 saturated heterocycles. The van der Waals surface area contributed by atoms with E-state index < -0.39 is 0 Å². The second kappa shape index (κ2) is 5.51. The van der Waals surface area contributed by atoms with Crippen molar-refractivity contribution in [3.63, 3.8) is 0 Å². The molecule has 0 spiro atoms. The van der Waals surface area contributed by atoms with Gasteiger partial charge in [-0.25, -0.2) is 0 Å². The third-order valence-electron chi connectivity index (χ3n) is 2.81. The van der Waals surface area contributed by atoms with Gasteiger partial charge >= 0.3 is 0 Å². The molecule has 1 aromatic rings. The van der Waals surface area contributed by atoms with Crippen LogP contribution in [0.4, 0.5) is 0 Å². The summed E-state index contributed by atoms with van der Waals surface area (Å²) in [4.78, 5) is 0. The molecule has 1 aliphatic rings. The van der Waals surface area contributed by atoms with Gasteiger partial charge in [0.25, 0.3) is 0 Å². The predicted octanol–water partition coefficient (Wildman–Crippen LogP) is 2.88. The zero-order chi connectivity index (χ0) is 11.4. The van der Waals surface area contributed by atoms with E-state index in [1.54, 1.807) is 0 Å². The summed E-state index contributed by atoms with van der Waals surface area (Å²) in [5, 5.41) is 3.31. The van der Waals surface area contributed by atoms with Crippen molar-refractivity contribution in [2.75, 3.05) is 13.7 Å². The summed E-state index contributed by atoms with van der Waals surface area (Å²) in [7, 11) is 1.98. The number of halogens is 1. The van der Waals surface area contributed by atoms with Crippen LogP contribution in [0, 0.1) is 0 Å². The van der Waals surface area contributed by atoms with Gasteiger partial charge in [-0.05, 0) is 31.2 Å². The minimum atomic E-state index is 0.279. The summed E-state index contributed by atoms with van der Waals surface area (Å²) in [5.74, 6) is 1.08. The van der Waals surface area contributed by atoms with Crippen LogP contribution in [0.2, 0.25) is 0 Å². The maximum Gasteiger partial charge on any atom is 0.109 e. The first kappa shape index (κ1) is 11.7. The molecule has 16 heavy (non-hydrogen) atoms. The topological polar surface area (TPSA) is 21.3 Å². The SMILES string of the molecule is CNC(Cc1ccccc1Br)C1=CCCO1. The van der Waals surface area contributed by atoms with E-state index in [1.807, 2.05) is 13.1 Å². The van der Waals surface area contributed by atoms with Gasteiger partial charge in [-0.15, -0.1) is 0 Å². The molecule has 1 N–H and O–H groups in total. The highest BCUT2D eigenvalue weighted by Gasteiger charge is 2.18. The molecule has 0 saturated carbocycles. The highest BCUT2D eigenvalue weighted by atomic mass is 79.9. The fourth-order valence-corrected chi connectivity index (χ4v) is 2.36. The van der Waals surface area contributed by atoms with Crippen molar-refractivity contribution in [3.8, 4) is 0 Å². The minimum absolute atomic E-state index is 0.279. The van der Waals surface area contributed by atoms with E-state index in [1.165, 1.54) is 5.56 Å². The van der Waals surface area contributed by atoms with Crippen molar-refractivity contribution in [2.45, 2.75) is 18.9 Å². The Balaban J connectivity index is 2.10. The molecule has 3 heteroatoms. The molecule has 1 atom stereocenters. The largest absolute Gasteiger partial charge is 0.496 e. The highest BCUT2D eigenvalue weighted by molar-refractivity contribution is 9.10. The Kier molecular flexibility index (Phi) is 4.02. The van der Waals surface area contributed by atoms with Gasteiger partial charge in [0.2, 0.25) is 0 Å². The van der Waals surface area contributed by atoms with E-state index in [0.29, 0.717) is 0 Å². The van der Waals surface area contributed by atoms with E-state index >= 15 is 0 Å². The fourth-order valence-electron chi connectivity index (χ4n) is 1.91. The lowest BCUT2D eigenvalue weighted by molar-refractivity contribution is 0.217. The molecule has 1 aliphatic heterocycles. The van der Waals surface area contributed by atoms with Crippen LogP contribution in [-0.4, -0.2) is 19.7 Å². The monoisotopic (exact) mass is 281 g/mol. The Morgan fingerprint density at radius 1 is 1.44 bits per heavy atom. The summed E-state index contributed by atoms with van der Waals surface area (Å²) in [6.45, 7) is 0.823. The van der Waals surface area contributed by atoms with Crippen LogP contribution in [0.15, 0.2) is 40.6 Å². The van der Waals surface area contributed by atoms with Crippen LogP contribution < -0.4 is 5.32 Å². The van der Waals surface area contributed by atoms with Crippen LogP contribution in [-0.2, 0) is 11.2 Å². The molecule has 0 radical (unpaired) electrons. The normalized spacial score (nSPS) is 16.8. The minimum Gasteiger partial charge on any atom is -0.496 e. The maximum atomic E-state index is 5.60. The molecule has 0 fully saturated rings. The van der Waals surface area contributed by atoms with E-state index in [9.17, 15) is 0 Å². The average Bonchev–Trinajstić information content (AvgIpc) is 2.81.